The van der Waals surface area contributed by atoms with E-state index in [2.05, 4.69) is 20.1 Å². The maximum absolute atomic E-state index is 12.4. The molecule has 0 aromatic carbocycles. The van der Waals surface area contributed by atoms with Crippen molar-refractivity contribution in [3.05, 3.63) is 0 Å². The van der Waals surface area contributed by atoms with Crippen molar-refractivity contribution in [1.29, 1.82) is 0 Å². The summed E-state index contributed by atoms with van der Waals surface area (Å²) in [6, 6.07) is 0. The number of hydrogen-bond acceptors (Lipinski definition) is 11. The third-order valence-corrected chi connectivity index (χ3v) is 5.33. The number of methoxy groups -OCH3 is 1. The average molecular weight is 456 g/mol. The first-order valence-electron chi connectivity index (χ1n) is 9.06. The molecule has 0 spiro atoms. The summed E-state index contributed by atoms with van der Waals surface area (Å²) in [6.07, 6.45) is -2.03. The fourth-order valence-electron chi connectivity index (χ4n) is 2.22. The molecule has 1 aliphatic heterocycles. The van der Waals surface area contributed by atoms with Crippen LogP contribution in [0.2, 0.25) is 0 Å². The molecule has 0 unspecified atom stereocenters. The molecule has 174 valence electrons. The van der Waals surface area contributed by atoms with E-state index in [9.17, 15) is 24.1 Å². The fraction of sp³-hybridized carbons (Fsp3) is 0.750. The van der Waals surface area contributed by atoms with Crippen molar-refractivity contribution in [2.45, 2.75) is 33.3 Å². The molecular formula is C16H29N2O11P. The predicted octanol–water partition coefficient (Wildman–Crippen LogP) is -0.227. The minimum atomic E-state index is -4.27. The standard InChI is InChI=1S/C16H29N2O11P/c1-11(19)25-8-7-18-15(22)26-10-28-30(23)27-9-16(2,3)13(29-30)14(21)17-6-5-12(20)24-4/h13,23,30H,5-10H2,1-4H3,(H,17,21)(H,18,22)/t13-/m0/s1. The molecule has 1 atom stereocenters. The van der Waals surface area contributed by atoms with E-state index in [0.29, 0.717) is 0 Å². The van der Waals surface area contributed by atoms with Crippen LogP contribution in [0.3, 0.4) is 0 Å². The first-order chi connectivity index (χ1) is 14.0. The van der Waals surface area contributed by atoms with Gasteiger partial charge in [0.15, 0.2) is 0 Å². The zero-order valence-corrected chi connectivity index (χ0v) is 18.3. The van der Waals surface area contributed by atoms with Gasteiger partial charge in [0.1, 0.15) is 0 Å². The summed E-state index contributed by atoms with van der Waals surface area (Å²) in [5, 5.41) is 4.82. The van der Waals surface area contributed by atoms with E-state index in [1.165, 1.54) is 14.0 Å². The number of carbonyl (C=O) groups is 4. The molecular weight excluding hydrogens is 427 g/mol. The van der Waals surface area contributed by atoms with Gasteiger partial charge < -0.3 is 0 Å². The molecule has 0 radical (unpaired) electrons. The van der Waals surface area contributed by atoms with E-state index >= 15 is 0 Å². The van der Waals surface area contributed by atoms with Crippen LogP contribution in [0, 0.1) is 5.41 Å². The second-order valence-electron chi connectivity index (χ2n) is 6.88. The Hall–Kier alpha value is -2.05. The quantitative estimate of drug-likeness (QED) is 0.131. The molecule has 0 aromatic rings. The Kier molecular flexibility index (Phi) is 10.4. The Balaban J connectivity index is 2.47. The van der Waals surface area contributed by atoms with Crippen LogP contribution in [0.5, 0.6) is 0 Å². The molecule has 13 nitrogen and oxygen atoms in total. The molecule has 1 fully saturated rings. The number of esters is 2. The SMILES string of the molecule is COC(=O)CCNC(=O)[C@@H]1O[PH](O)(OCOC(=O)NCCOC(C)=O)OCC1(C)C. The molecule has 1 saturated heterocycles. The molecule has 1 rings (SSSR count). The van der Waals surface area contributed by atoms with Crippen molar-refractivity contribution in [2.75, 3.05) is 40.2 Å². The zero-order valence-electron chi connectivity index (χ0n) is 17.3. The molecule has 1 aliphatic rings. The molecule has 0 bridgehead atoms. The van der Waals surface area contributed by atoms with Crippen LogP contribution < -0.4 is 10.6 Å². The fourth-order valence-corrected chi connectivity index (χ4v) is 3.92. The van der Waals surface area contributed by atoms with Crippen LogP contribution in [0.15, 0.2) is 0 Å². The van der Waals surface area contributed by atoms with Crippen molar-refractivity contribution < 1.29 is 51.9 Å². The van der Waals surface area contributed by atoms with E-state index in [0.717, 1.165) is 0 Å². The number of carbonyl (C=O) groups excluding carboxylic acids is 4. The first-order valence-corrected chi connectivity index (χ1v) is 10.7. The Morgan fingerprint density at radius 1 is 1.17 bits per heavy atom. The summed E-state index contributed by atoms with van der Waals surface area (Å²) in [5.74, 6) is -1.54. The van der Waals surface area contributed by atoms with Crippen LogP contribution in [-0.4, -0.2) is 75.1 Å². The van der Waals surface area contributed by atoms with Crippen LogP contribution in [-0.2, 0) is 42.2 Å². The first kappa shape index (κ1) is 26.0. The Bertz CT molecular complexity index is 630. The van der Waals surface area contributed by atoms with Gasteiger partial charge in [0.05, 0.1) is 0 Å². The van der Waals surface area contributed by atoms with Gasteiger partial charge in [-0.2, -0.15) is 0 Å². The molecule has 14 heteroatoms. The Morgan fingerprint density at radius 3 is 2.50 bits per heavy atom. The average Bonchev–Trinajstić information content (AvgIpc) is 2.67. The molecule has 0 aromatic heterocycles. The number of ether oxygens (including phenoxy) is 3. The predicted molar refractivity (Wildman–Crippen MR) is 102 cm³/mol. The number of hydrogen-bond donors (Lipinski definition) is 3. The van der Waals surface area contributed by atoms with Crippen LogP contribution in [0.4, 0.5) is 4.79 Å². The maximum atomic E-state index is 12.4. The minimum absolute atomic E-state index is 0.0229. The van der Waals surface area contributed by atoms with Crippen molar-refractivity contribution >= 4 is 32.1 Å². The summed E-state index contributed by atoms with van der Waals surface area (Å²) in [7, 11) is -3.03. The van der Waals surface area contributed by atoms with Gasteiger partial charge in [-0.15, -0.1) is 0 Å². The Morgan fingerprint density at radius 2 is 1.87 bits per heavy atom. The zero-order chi connectivity index (χ0) is 22.8. The molecule has 3 N–H and O–H groups in total. The van der Waals surface area contributed by atoms with Crippen LogP contribution in [0.1, 0.15) is 27.2 Å². The molecule has 0 aliphatic carbocycles. The van der Waals surface area contributed by atoms with Crippen molar-refractivity contribution in [3.63, 3.8) is 0 Å². The summed E-state index contributed by atoms with van der Waals surface area (Å²) in [4.78, 5) is 56.1. The van der Waals surface area contributed by atoms with Crippen LogP contribution in [0.25, 0.3) is 0 Å². The van der Waals surface area contributed by atoms with Gasteiger partial charge in [0.25, 0.3) is 0 Å². The third-order valence-electron chi connectivity index (χ3n) is 3.81. The van der Waals surface area contributed by atoms with Gasteiger partial charge in [-0.1, -0.05) is 0 Å². The van der Waals surface area contributed by atoms with Gasteiger partial charge in [0, 0.05) is 0 Å². The van der Waals surface area contributed by atoms with E-state index in [1.807, 2.05) is 0 Å². The van der Waals surface area contributed by atoms with E-state index in [1.54, 1.807) is 13.8 Å². The number of amides is 2. The van der Waals surface area contributed by atoms with Gasteiger partial charge >= 0.3 is 174 Å². The molecule has 0 saturated carbocycles. The van der Waals surface area contributed by atoms with Gasteiger partial charge in [-0.05, 0) is 0 Å². The Labute approximate surface area is 174 Å². The van der Waals surface area contributed by atoms with Crippen molar-refractivity contribution in [3.8, 4) is 0 Å². The summed E-state index contributed by atoms with van der Waals surface area (Å²) >= 11 is 0. The van der Waals surface area contributed by atoms with E-state index in [-0.39, 0.29) is 32.7 Å². The van der Waals surface area contributed by atoms with Gasteiger partial charge in [-0.25, -0.2) is 0 Å². The third kappa shape index (κ3) is 9.18. The monoisotopic (exact) mass is 456 g/mol. The summed E-state index contributed by atoms with van der Waals surface area (Å²) in [5.41, 5.74) is -0.799. The number of rotatable bonds is 10. The second kappa shape index (κ2) is 12.0. The van der Waals surface area contributed by atoms with E-state index in [4.69, 9.17) is 18.3 Å². The van der Waals surface area contributed by atoms with Crippen LogP contribution >= 0.6 is 8.17 Å². The van der Waals surface area contributed by atoms with Crippen molar-refractivity contribution in [1.82, 2.24) is 10.6 Å². The molecule has 2 amide bonds. The second-order valence-corrected chi connectivity index (χ2v) is 8.74. The summed E-state index contributed by atoms with van der Waals surface area (Å²) < 4.78 is 29.5. The topological polar surface area (TPSA) is 168 Å². The number of nitrogens with one attached hydrogen (secondary N) is 2. The summed E-state index contributed by atoms with van der Waals surface area (Å²) in [6.45, 7) is 3.89. The van der Waals surface area contributed by atoms with Crippen molar-refractivity contribution in [2.24, 2.45) is 5.41 Å². The van der Waals surface area contributed by atoms with Gasteiger partial charge in [0.2, 0.25) is 0 Å². The normalized spacial score (nSPS) is 20.4. The van der Waals surface area contributed by atoms with Gasteiger partial charge in [-0.3, -0.25) is 0 Å². The molecule has 1 heterocycles. The number of alkyl carbamates (subject to hydrolysis) is 1. The molecule has 30 heavy (non-hydrogen) atoms. The van der Waals surface area contributed by atoms with E-state index < -0.39 is 50.4 Å².